The Morgan fingerprint density at radius 3 is 2.67 bits per heavy atom. The summed E-state index contributed by atoms with van der Waals surface area (Å²) in [4.78, 5) is 14.0. The van der Waals surface area contributed by atoms with Crippen molar-refractivity contribution in [2.24, 2.45) is 11.8 Å². The molecule has 0 spiro atoms. The van der Waals surface area contributed by atoms with E-state index in [0.29, 0.717) is 18.2 Å². The van der Waals surface area contributed by atoms with Crippen molar-refractivity contribution in [2.45, 2.75) is 13.5 Å². The molecule has 1 unspecified atom stereocenters. The number of nitrogens with one attached hydrogen (secondary N) is 1. The lowest BCUT2D eigenvalue weighted by Crippen LogP contribution is -2.49. The highest BCUT2D eigenvalue weighted by atomic mass is 35.5. The third-order valence-electron chi connectivity index (χ3n) is 3.95. The van der Waals surface area contributed by atoms with Gasteiger partial charge in [0.05, 0.1) is 7.11 Å². The number of carbonyl (C=O) groups is 1. The zero-order valence-electron chi connectivity index (χ0n) is 12.6. The summed E-state index contributed by atoms with van der Waals surface area (Å²) < 4.78 is 5.01. The van der Waals surface area contributed by atoms with Gasteiger partial charge in [-0.05, 0) is 36.7 Å². The molecule has 1 saturated heterocycles. The molecular formula is C15H23ClN2O3. The SMILES string of the molecule is COc1ccc(CN(C)C(=O)C(C)C2CNC2)cc1O.Cl. The van der Waals surface area contributed by atoms with E-state index < -0.39 is 0 Å². The predicted octanol–water partition coefficient (Wildman–Crippen LogP) is 1.64. The zero-order valence-corrected chi connectivity index (χ0v) is 13.4. The number of phenols is 1. The molecule has 0 aromatic heterocycles. The highest BCUT2D eigenvalue weighted by Crippen LogP contribution is 2.27. The first kappa shape index (κ1) is 17.6. The normalized spacial score (nSPS) is 15.6. The van der Waals surface area contributed by atoms with Crippen molar-refractivity contribution >= 4 is 18.3 Å². The number of benzene rings is 1. The summed E-state index contributed by atoms with van der Waals surface area (Å²) in [5, 5.41) is 12.9. The quantitative estimate of drug-likeness (QED) is 0.867. The standard InChI is InChI=1S/C15H22N2O3.ClH/c1-10(12-7-16-8-12)15(19)17(2)9-11-4-5-14(20-3)13(18)6-11;/h4-6,10,12,16,18H,7-9H2,1-3H3;1H. The lowest BCUT2D eigenvalue weighted by atomic mass is 9.88. The van der Waals surface area contributed by atoms with Crippen LogP contribution in [0.2, 0.25) is 0 Å². The molecule has 1 aromatic rings. The fourth-order valence-electron chi connectivity index (χ4n) is 2.40. The second kappa shape index (κ2) is 7.52. The zero-order chi connectivity index (χ0) is 14.7. The summed E-state index contributed by atoms with van der Waals surface area (Å²) in [5.41, 5.74) is 0.887. The van der Waals surface area contributed by atoms with Crippen molar-refractivity contribution in [1.29, 1.82) is 0 Å². The third kappa shape index (κ3) is 4.02. The number of carbonyl (C=O) groups excluding carboxylic acids is 1. The molecule has 1 atom stereocenters. The van der Waals surface area contributed by atoms with E-state index in [1.165, 1.54) is 7.11 Å². The lowest BCUT2D eigenvalue weighted by Gasteiger charge is -2.34. The van der Waals surface area contributed by atoms with Gasteiger partial charge >= 0.3 is 0 Å². The summed E-state index contributed by atoms with van der Waals surface area (Å²) >= 11 is 0. The monoisotopic (exact) mass is 314 g/mol. The molecule has 0 aliphatic carbocycles. The van der Waals surface area contributed by atoms with E-state index >= 15 is 0 Å². The summed E-state index contributed by atoms with van der Waals surface area (Å²) in [7, 11) is 3.31. The fraction of sp³-hybridized carbons (Fsp3) is 0.533. The Hall–Kier alpha value is -1.46. The van der Waals surface area contributed by atoms with Crippen LogP contribution >= 0.6 is 12.4 Å². The molecule has 118 valence electrons. The number of rotatable bonds is 5. The van der Waals surface area contributed by atoms with Crippen molar-refractivity contribution in [3.05, 3.63) is 23.8 Å². The first-order valence-corrected chi connectivity index (χ1v) is 6.84. The second-order valence-corrected chi connectivity index (χ2v) is 5.41. The van der Waals surface area contributed by atoms with Crippen LogP contribution < -0.4 is 10.1 Å². The van der Waals surface area contributed by atoms with Gasteiger partial charge in [-0.1, -0.05) is 13.0 Å². The van der Waals surface area contributed by atoms with Gasteiger partial charge in [0.15, 0.2) is 11.5 Å². The van der Waals surface area contributed by atoms with Gasteiger partial charge in [-0.25, -0.2) is 0 Å². The summed E-state index contributed by atoms with van der Waals surface area (Å²) in [6, 6.07) is 5.21. The molecule has 1 aliphatic heterocycles. The number of halogens is 1. The fourth-order valence-corrected chi connectivity index (χ4v) is 2.40. The Balaban J connectivity index is 0.00000220. The van der Waals surface area contributed by atoms with Gasteiger partial charge in [0.25, 0.3) is 0 Å². The minimum Gasteiger partial charge on any atom is -0.504 e. The topological polar surface area (TPSA) is 61.8 Å². The van der Waals surface area contributed by atoms with Gasteiger partial charge in [0.1, 0.15) is 0 Å². The average molecular weight is 315 g/mol. The number of methoxy groups -OCH3 is 1. The van der Waals surface area contributed by atoms with Crippen LogP contribution in [0.15, 0.2) is 18.2 Å². The number of ether oxygens (including phenoxy) is 1. The van der Waals surface area contributed by atoms with E-state index in [0.717, 1.165) is 18.7 Å². The van der Waals surface area contributed by atoms with E-state index in [2.05, 4.69) is 5.32 Å². The Labute approximate surface area is 131 Å². The van der Waals surface area contributed by atoms with Crippen LogP contribution in [-0.2, 0) is 11.3 Å². The van der Waals surface area contributed by atoms with Gasteiger partial charge in [0, 0.05) is 19.5 Å². The molecule has 0 saturated carbocycles. The maximum absolute atomic E-state index is 12.3. The van der Waals surface area contributed by atoms with Gasteiger partial charge in [-0.15, -0.1) is 12.4 Å². The molecular weight excluding hydrogens is 292 g/mol. The van der Waals surface area contributed by atoms with Crippen LogP contribution in [0.25, 0.3) is 0 Å². The molecule has 1 aromatic carbocycles. The van der Waals surface area contributed by atoms with Crippen LogP contribution in [-0.4, -0.2) is 43.2 Å². The van der Waals surface area contributed by atoms with E-state index in [1.54, 1.807) is 24.1 Å². The van der Waals surface area contributed by atoms with Gasteiger partial charge in [0.2, 0.25) is 5.91 Å². The molecule has 2 N–H and O–H groups in total. The first-order valence-electron chi connectivity index (χ1n) is 6.84. The Morgan fingerprint density at radius 1 is 1.52 bits per heavy atom. The molecule has 0 radical (unpaired) electrons. The van der Waals surface area contributed by atoms with Crippen LogP contribution in [0.1, 0.15) is 12.5 Å². The van der Waals surface area contributed by atoms with E-state index in [4.69, 9.17) is 4.74 Å². The Bertz CT molecular complexity index is 492. The third-order valence-corrected chi connectivity index (χ3v) is 3.95. The van der Waals surface area contributed by atoms with E-state index in [-0.39, 0.29) is 30.0 Å². The summed E-state index contributed by atoms with van der Waals surface area (Å²) in [6.07, 6.45) is 0. The maximum atomic E-state index is 12.3. The van der Waals surface area contributed by atoms with Crippen molar-refractivity contribution < 1.29 is 14.6 Å². The smallest absolute Gasteiger partial charge is 0.225 e. The number of hydrogen-bond acceptors (Lipinski definition) is 4. The summed E-state index contributed by atoms with van der Waals surface area (Å²) in [6.45, 7) is 4.31. The van der Waals surface area contributed by atoms with Gasteiger partial charge in [-0.3, -0.25) is 4.79 Å². The molecule has 1 amide bonds. The van der Waals surface area contributed by atoms with E-state index in [9.17, 15) is 9.90 Å². The number of phenolic OH excluding ortho intramolecular Hbond substituents is 1. The molecule has 1 heterocycles. The summed E-state index contributed by atoms with van der Waals surface area (Å²) in [5.74, 6) is 1.16. The minimum absolute atomic E-state index is 0. The highest BCUT2D eigenvalue weighted by Gasteiger charge is 2.30. The molecule has 1 fully saturated rings. The number of aromatic hydroxyl groups is 1. The lowest BCUT2D eigenvalue weighted by molar-refractivity contribution is -0.136. The largest absolute Gasteiger partial charge is 0.504 e. The Kier molecular flexibility index (Phi) is 6.30. The van der Waals surface area contributed by atoms with Crippen molar-refractivity contribution in [2.75, 3.05) is 27.2 Å². The molecule has 2 rings (SSSR count). The highest BCUT2D eigenvalue weighted by molar-refractivity contribution is 5.85. The van der Waals surface area contributed by atoms with Crippen molar-refractivity contribution in [1.82, 2.24) is 10.2 Å². The minimum atomic E-state index is 0. The van der Waals surface area contributed by atoms with Gasteiger partial charge < -0.3 is 20.1 Å². The number of hydrogen-bond donors (Lipinski definition) is 2. The predicted molar refractivity (Wildman–Crippen MR) is 83.9 cm³/mol. The molecule has 6 heteroatoms. The Morgan fingerprint density at radius 2 is 2.19 bits per heavy atom. The second-order valence-electron chi connectivity index (χ2n) is 5.41. The van der Waals surface area contributed by atoms with Crippen LogP contribution in [0, 0.1) is 11.8 Å². The van der Waals surface area contributed by atoms with Gasteiger partial charge in [-0.2, -0.15) is 0 Å². The average Bonchev–Trinajstić information content (AvgIpc) is 2.35. The van der Waals surface area contributed by atoms with Crippen LogP contribution in [0.3, 0.4) is 0 Å². The van der Waals surface area contributed by atoms with Crippen LogP contribution in [0.4, 0.5) is 0 Å². The molecule has 5 nitrogen and oxygen atoms in total. The molecule has 1 aliphatic rings. The van der Waals surface area contributed by atoms with Crippen LogP contribution in [0.5, 0.6) is 11.5 Å². The molecule has 0 bridgehead atoms. The first-order chi connectivity index (χ1) is 9.52. The number of amides is 1. The van der Waals surface area contributed by atoms with E-state index in [1.807, 2.05) is 13.0 Å². The molecule has 21 heavy (non-hydrogen) atoms. The maximum Gasteiger partial charge on any atom is 0.225 e. The number of nitrogens with zero attached hydrogens (tertiary/aromatic N) is 1. The van der Waals surface area contributed by atoms with Crippen molar-refractivity contribution in [3.8, 4) is 11.5 Å². The van der Waals surface area contributed by atoms with Crippen molar-refractivity contribution in [3.63, 3.8) is 0 Å².